The number of benzene rings is 2. The molecule has 0 aliphatic rings. The number of nitrogens with zero attached hydrogens (tertiary/aromatic N) is 4. The molecule has 0 aliphatic heterocycles. The van der Waals surface area contributed by atoms with E-state index in [0.29, 0.717) is 16.9 Å². The minimum absolute atomic E-state index is 0.0347. The standard InChI is InChI=1S/C18H14F3N5O/c1-27-14-5-4-12-8-11(2-3-13(12)9-14)10-22-15-6-7-16-23-24-17(18(19,20)21)26(16)25-15/h2-9H,10H2,1H3,(H,22,25). The maximum absolute atomic E-state index is 12.9. The number of nitrogens with one attached hydrogen (secondary N) is 1. The highest BCUT2D eigenvalue weighted by molar-refractivity contribution is 5.84. The third-order valence-electron chi connectivity index (χ3n) is 4.10. The van der Waals surface area contributed by atoms with Crippen LogP contribution in [0.25, 0.3) is 16.4 Å². The van der Waals surface area contributed by atoms with E-state index < -0.39 is 12.0 Å². The van der Waals surface area contributed by atoms with Gasteiger partial charge >= 0.3 is 6.18 Å². The lowest BCUT2D eigenvalue weighted by molar-refractivity contribution is -0.146. The molecule has 4 rings (SSSR count). The highest BCUT2D eigenvalue weighted by atomic mass is 19.4. The summed E-state index contributed by atoms with van der Waals surface area (Å²) >= 11 is 0. The summed E-state index contributed by atoms with van der Waals surface area (Å²) in [5.41, 5.74) is 1.00. The lowest BCUT2D eigenvalue weighted by Gasteiger charge is -2.09. The quantitative estimate of drug-likeness (QED) is 0.587. The average molecular weight is 373 g/mol. The maximum Gasteiger partial charge on any atom is 0.453 e. The van der Waals surface area contributed by atoms with E-state index in [4.69, 9.17) is 4.74 Å². The molecular formula is C18H14F3N5O. The van der Waals surface area contributed by atoms with E-state index in [1.807, 2.05) is 36.4 Å². The van der Waals surface area contributed by atoms with Crippen molar-refractivity contribution in [3.8, 4) is 5.75 Å². The fourth-order valence-electron chi connectivity index (χ4n) is 2.76. The Hall–Kier alpha value is -3.36. The van der Waals surface area contributed by atoms with Crippen molar-refractivity contribution < 1.29 is 17.9 Å². The molecule has 2 heterocycles. The third kappa shape index (κ3) is 3.35. The number of hydrogen-bond acceptors (Lipinski definition) is 5. The van der Waals surface area contributed by atoms with Crippen LogP contribution in [0.3, 0.4) is 0 Å². The topological polar surface area (TPSA) is 64.3 Å². The molecule has 6 nitrogen and oxygen atoms in total. The second-order valence-electron chi connectivity index (χ2n) is 5.91. The number of ether oxygens (including phenoxy) is 1. The van der Waals surface area contributed by atoms with Crippen molar-refractivity contribution in [3.05, 3.63) is 59.9 Å². The summed E-state index contributed by atoms with van der Waals surface area (Å²) in [6, 6.07) is 14.7. The van der Waals surface area contributed by atoms with E-state index in [0.717, 1.165) is 22.1 Å². The summed E-state index contributed by atoms with van der Waals surface area (Å²) in [7, 11) is 1.61. The Labute approximate surface area is 151 Å². The Morgan fingerprint density at radius 2 is 1.78 bits per heavy atom. The fourth-order valence-corrected chi connectivity index (χ4v) is 2.76. The van der Waals surface area contributed by atoms with Crippen molar-refractivity contribution in [2.24, 2.45) is 0 Å². The number of alkyl halides is 3. The summed E-state index contributed by atoms with van der Waals surface area (Å²) in [6.07, 6.45) is -4.62. The van der Waals surface area contributed by atoms with Gasteiger partial charge in [-0.15, -0.1) is 15.3 Å². The van der Waals surface area contributed by atoms with Gasteiger partial charge in [-0.1, -0.05) is 18.2 Å². The minimum Gasteiger partial charge on any atom is -0.497 e. The second-order valence-corrected chi connectivity index (χ2v) is 5.91. The van der Waals surface area contributed by atoms with E-state index in [1.54, 1.807) is 13.2 Å². The maximum atomic E-state index is 12.9. The largest absolute Gasteiger partial charge is 0.497 e. The molecule has 2 aromatic carbocycles. The summed E-state index contributed by atoms with van der Waals surface area (Å²) in [6.45, 7) is 0.407. The zero-order valence-corrected chi connectivity index (χ0v) is 14.2. The van der Waals surface area contributed by atoms with E-state index in [-0.39, 0.29) is 5.65 Å². The van der Waals surface area contributed by atoms with E-state index in [1.165, 1.54) is 6.07 Å². The molecule has 4 aromatic rings. The van der Waals surface area contributed by atoms with E-state index >= 15 is 0 Å². The molecule has 0 amide bonds. The predicted octanol–water partition coefficient (Wildman–Crippen LogP) is 3.92. The smallest absolute Gasteiger partial charge is 0.453 e. The van der Waals surface area contributed by atoms with Crippen LogP contribution in [0, 0.1) is 0 Å². The number of halogens is 3. The van der Waals surface area contributed by atoms with Crippen LogP contribution in [-0.2, 0) is 12.7 Å². The zero-order valence-electron chi connectivity index (χ0n) is 14.2. The predicted molar refractivity (Wildman–Crippen MR) is 93.6 cm³/mol. The molecule has 27 heavy (non-hydrogen) atoms. The second kappa shape index (κ2) is 6.42. The first-order valence-corrected chi connectivity index (χ1v) is 8.04. The van der Waals surface area contributed by atoms with Gasteiger partial charge < -0.3 is 10.1 Å². The van der Waals surface area contributed by atoms with Crippen molar-refractivity contribution in [1.82, 2.24) is 19.8 Å². The summed E-state index contributed by atoms with van der Waals surface area (Å²) in [5.74, 6) is -0.0799. The fraction of sp³-hybridized carbons (Fsp3) is 0.167. The van der Waals surface area contributed by atoms with Gasteiger partial charge in [0.25, 0.3) is 5.82 Å². The monoisotopic (exact) mass is 373 g/mol. The molecule has 0 radical (unpaired) electrons. The van der Waals surface area contributed by atoms with Crippen molar-refractivity contribution in [2.75, 3.05) is 12.4 Å². The van der Waals surface area contributed by atoms with Crippen LogP contribution in [-0.4, -0.2) is 26.9 Å². The summed E-state index contributed by atoms with van der Waals surface area (Å²) in [5, 5.41) is 15.7. The molecule has 9 heteroatoms. The number of fused-ring (bicyclic) bond motifs is 2. The molecule has 0 fully saturated rings. The Morgan fingerprint density at radius 3 is 2.56 bits per heavy atom. The van der Waals surface area contributed by atoms with Crippen LogP contribution in [0.5, 0.6) is 5.75 Å². The molecule has 0 unspecified atom stereocenters. The van der Waals surface area contributed by atoms with Gasteiger partial charge in [0.1, 0.15) is 11.6 Å². The Morgan fingerprint density at radius 1 is 1.00 bits per heavy atom. The normalized spacial score (nSPS) is 11.9. The van der Waals surface area contributed by atoms with Gasteiger partial charge in [0.2, 0.25) is 0 Å². The molecule has 0 aliphatic carbocycles. The lowest BCUT2D eigenvalue weighted by Crippen LogP contribution is -2.13. The Bertz CT molecular complexity index is 1120. The first kappa shape index (κ1) is 17.1. The highest BCUT2D eigenvalue weighted by Crippen LogP contribution is 2.27. The highest BCUT2D eigenvalue weighted by Gasteiger charge is 2.37. The number of aromatic nitrogens is 4. The van der Waals surface area contributed by atoms with Gasteiger partial charge in [-0.3, -0.25) is 0 Å². The Balaban J connectivity index is 1.57. The molecular weight excluding hydrogens is 359 g/mol. The number of rotatable bonds is 4. The van der Waals surface area contributed by atoms with Crippen LogP contribution in [0.4, 0.5) is 19.0 Å². The first-order chi connectivity index (χ1) is 12.9. The molecule has 138 valence electrons. The summed E-state index contributed by atoms with van der Waals surface area (Å²) < 4.78 is 44.7. The van der Waals surface area contributed by atoms with Crippen LogP contribution in [0.1, 0.15) is 11.4 Å². The van der Waals surface area contributed by atoms with Crippen molar-refractivity contribution >= 4 is 22.2 Å². The van der Waals surface area contributed by atoms with Gasteiger partial charge in [-0.25, -0.2) is 0 Å². The third-order valence-corrected chi connectivity index (χ3v) is 4.10. The van der Waals surface area contributed by atoms with Crippen LogP contribution in [0.15, 0.2) is 48.5 Å². The molecule has 2 aromatic heterocycles. The van der Waals surface area contributed by atoms with E-state index in [9.17, 15) is 13.2 Å². The van der Waals surface area contributed by atoms with Gasteiger partial charge in [0, 0.05) is 6.54 Å². The average Bonchev–Trinajstić information content (AvgIpc) is 3.09. The van der Waals surface area contributed by atoms with Gasteiger partial charge in [-0.2, -0.15) is 17.7 Å². The number of anilines is 1. The molecule has 0 spiro atoms. The SMILES string of the molecule is COc1ccc2cc(CNc3ccc4nnc(C(F)(F)F)n4n3)ccc2c1. The molecule has 1 N–H and O–H groups in total. The number of methoxy groups -OCH3 is 1. The van der Waals surface area contributed by atoms with E-state index in [2.05, 4.69) is 20.6 Å². The van der Waals surface area contributed by atoms with Gasteiger partial charge in [-0.05, 0) is 46.7 Å². The van der Waals surface area contributed by atoms with Gasteiger partial charge in [0.05, 0.1) is 7.11 Å². The summed E-state index contributed by atoms with van der Waals surface area (Å²) in [4.78, 5) is 0. The lowest BCUT2D eigenvalue weighted by atomic mass is 10.1. The van der Waals surface area contributed by atoms with Crippen LogP contribution < -0.4 is 10.1 Å². The zero-order chi connectivity index (χ0) is 19.0. The van der Waals surface area contributed by atoms with Crippen molar-refractivity contribution in [2.45, 2.75) is 12.7 Å². The molecule has 0 bridgehead atoms. The van der Waals surface area contributed by atoms with Crippen molar-refractivity contribution in [1.29, 1.82) is 0 Å². The Kier molecular flexibility index (Phi) is 4.06. The first-order valence-electron chi connectivity index (χ1n) is 8.04. The molecule has 0 atom stereocenters. The molecule has 0 saturated carbocycles. The van der Waals surface area contributed by atoms with Crippen molar-refractivity contribution in [3.63, 3.8) is 0 Å². The minimum atomic E-state index is -4.62. The van der Waals surface area contributed by atoms with Crippen LogP contribution in [0.2, 0.25) is 0 Å². The number of hydrogen-bond donors (Lipinski definition) is 1. The van der Waals surface area contributed by atoms with Gasteiger partial charge in [0.15, 0.2) is 5.65 Å². The van der Waals surface area contributed by atoms with Crippen LogP contribution >= 0.6 is 0 Å². The molecule has 0 saturated heterocycles.